The molecule has 0 aliphatic carbocycles. The molecule has 0 bridgehead atoms. The Hall–Kier alpha value is -0.220. The fraction of sp³-hybridized carbons (Fsp3) is 0.875. The molecule has 12 heavy (non-hydrogen) atoms. The van der Waals surface area contributed by atoms with Crippen LogP contribution in [0.25, 0.3) is 0 Å². The van der Waals surface area contributed by atoms with Crippen molar-refractivity contribution in [2.75, 3.05) is 18.1 Å². The molecule has 1 aliphatic rings. The Morgan fingerprint density at radius 2 is 2.42 bits per heavy atom. The molecule has 0 amide bonds. The zero-order chi connectivity index (χ0) is 8.81. The summed E-state index contributed by atoms with van der Waals surface area (Å²) in [6.45, 7) is 0.846. The number of ether oxygens (including phenoxy) is 1. The number of hydrogen-bond acceptors (Lipinski definition) is 3. The summed E-state index contributed by atoms with van der Waals surface area (Å²) in [5, 5.41) is 8.38. The highest BCUT2D eigenvalue weighted by Crippen LogP contribution is 2.16. The maximum absolute atomic E-state index is 10.2. The third-order valence-corrected chi connectivity index (χ3v) is 2.86. The maximum atomic E-state index is 10.2. The molecule has 1 saturated heterocycles. The highest BCUT2D eigenvalue weighted by atomic mass is 32.2. The molecule has 1 aliphatic heterocycles. The number of hydrogen-bond donors (Lipinski definition) is 1. The molecule has 1 heterocycles. The van der Waals surface area contributed by atoms with Gasteiger partial charge in [-0.1, -0.05) is 0 Å². The quantitative estimate of drug-likeness (QED) is 0.727. The predicted octanol–water partition coefficient (Wildman–Crippen LogP) is 1.37. The van der Waals surface area contributed by atoms with E-state index < -0.39 is 5.97 Å². The minimum Gasteiger partial charge on any atom is -0.481 e. The highest BCUT2D eigenvalue weighted by molar-refractivity contribution is 7.99. The smallest absolute Gasteiger partial charge is 0.313 e. The molecule has 4 heteroatoms. The fourth-order valence-electron chi connectivity index (χ4n) is 1.22. The van der Waals surface area contributed by atoms with Gasteiger partial charge in [-0.2, -0.15) is 0 Å². The Morgan fingerprint density at radius 3 is 3.00 bits per heavy atom. The van der Waals surface area contributed by atoms with Crippen LogP contribution in [0.15, 0.2) is 0 Å². The summed E-state index contributed by atoms with van der Waals surface area (Å²) in [7, 11) is 0. The lowest BCUT2D eigenvalue weighted by molar-refractivity contribution is -0.133. The van der Waals surface area contributed by atoms with Crippen LogP contribution in [0.2, 0.25) is 0 Å². The third kappa shape index (κ3) is 3.97. The van der Waals surface area contributed by atoms with Crippen molar-refractivity contribution in [1.29, 1.82) is 0 Å². The first-order valence-electron chi connectivity index (χ1n) is 4.20. The predicted molar refractivity (Wildman–Crippen MR) is 48.6 cm³/mol. The van der Waals surface area contributed by atoms with Crippen LogP contribution in [0.3, 0.4) is 0 Å². The minimum absolute atomic E-state index is 0.194. The molecule has 0 spiro atoms. The van der Waals surface area contributed by atoms with Crippen molar-refractivity contribution in [3.8, 4) is 0 Å². The second-order valence-electron chi connectivity index (χ2n) is 2.90. The van der Waals surface area contributed by atoms with Gasteiger partial charge in [0, 0.05) is 12.4 Å². The van der Waals surface area contributed by atoms with Gasteiger partial charge in [-0.15, -0.1) is 11.8 Å². The van der Waals surface area contributed by atoms with E-state index in [0.29, 0.717) is 6.10 Å². The standard InChI is InChI=1S/C8H14O3S/c9-8(10)6-12-5-7-3-1-2-4-11-7/h7H,1-6H2,(H,9,10). The van der Waals surface area contributed by atoms with Crippen molar-refractivity contribution in [2.45, 2.75) is 25.4 Å². The Morgan fingerprint density at radius 1 is 1.58 bits per heavy atom. The molecule has 1 atom stereocenters. The maximum Gasteiger partial charge on any atom is 0.313 e. The van der Waals surface area contributed by atoms with E-state index in [1.54, 1.807) is 0 Å². The fourth-order valence-corrected chi connectivity index (χ4v) is 2.03. The van der Waals surface area contributed by atoms with E-state index in [2.05, 4.69) is 0 Å². The van der Waals surface area contributed by atoms with Crippen LogP contribution in [0.1, 0.15) is 19.3 Å². The number of carbonyl (C=O) groups is 1. The number of rotatable bonds is 4. The summed E-state index contributed by atoms with van der Waals surface area (Å²) < 4.78 is 5.45. The number of thioether (sulfide) groups is 1. The lowest BCUT2D eigenvalue weighted by atomic mass is 10.1. The zero-order valence-electron chi connectivity index (χ0n) is 6.99. The van der Waals surface area contributed by atoms with Crippen molar-refractivity contribution < 1.29 is 14.6 Å². The Kier molecular flexibility index (Phi) is 4.46. The van der Waals surface area contributed by atoms with Crippen molar-refractivity contribution >= 4 is 17.7 Å². The number of aliphatic carboxylic acids is 1. The van der Waals surface area contributed by atoms with Crippen LogP contribution < -0.4 is 0 Å². The summed E-state index contributed by atoms with van der Waals surface area (Å²) in [5.74, 6) is 0.280. The van der Waals surface area contributed by atoms with Crippen LogP contribution in [0.5, 0.6) is 0 Å². The second kappa shape index (κ2) is 5.43. The normalized spacial score (nSPS) is 23.8. The lowest BCUT2D eigenvalue weighted by Crippen LogP contribution is -2.21. The van der Waals surface area contributed by atoms with Crippen molar-refractivity contribution in [1.82, 2.24) is 0 Å². The van der Waals surface area contributed by atoms with E-state index in [-0.39, 0.29) is 5.75 Å². The molecule has 1 rings (SSSR count). The second-order valence-corrected chi connectivity index (χ2v) is 3.93. The number of carboxylic acids is 1. The first kappa shape index (κ1) is 9.86. The Labute approximate surface area is 76.5 Å². The molecule has 0 radical (unpaired) electrons. The number of carboxylic acid groups (broad SMARTS) is 1. The van der Waals surface area contributed by atoms with E-state index in [4.69, 9.17) is 9.84 Å². The zero-order valence-corrected chi connectivity index (χ0v) is 7.81. The summed E-state index contributed by atoms with van der Waals surface area (Å²) in [4.78, 5) is 10.2. The minimum atomic E-state index is -0.740. The van der Waals surface area contributed by atoms with E-state index in [1.165, 1.54) is 18.2 Å². The molecular formula is C8H14O3S. The summed E-state index contributed by atoms with van der Waals surface area (Å²) in [6, 6.07) is 0. The average molecular weight is 190 g/mol. The molecule has 0 aromatic carbocycles. The summed E-state index contributed by atoms with van der Waals surface area (Å²) >= 11 is 1.44. The van der Waals surface area contributed by atoms with Crippen LogP contribution >= 0.6 is 11.8 Å². The molecule has 0 aromatic heterocycles. The molecule has 0 aromatic rings. The van der Waals surface area contributed by atoms with Gasteiger partial charge in [0.05, 0.1) is 11.9 Å². The van der Waals surface area contributed by atoms with E-state index in [9.17, 15) is 4.79 Å². The van der Waals surface area contributed by atoms with Gasteiger partial charge in [0.25, 0.3) is 0 Å². The first-order chi connectivity index (χ1) is 5.79. The van der Waals surface area contributed by atoms with Gasteiger partial charge in [-0.25, -0.2) is 0 Å². The SMILES string of the molecule is O=C(O)CSCC1CCCCO1. The van der Waals surface area contributed by atoms with E-state index in [1.807, 2.05) is 0 Å². The van der Waals surface area contributed by atoms with Crippen LogP contribution in [-0.2, 0) is 9.53 Å². The molecule has 1 unspecified atom stereocenters. The molecule has 0 saturated carbocycles. The van der Waals surface area contributed by atoms with Crippen LogP contribution in [-0.4, -0.2) is 35.3 Å². The van der Waals surface area contributed by atoms with E-state index >= 15 is 0 Å². The van der Waals surface area contributed by atoms with Crippen molar-refractivity contribution in [3.05, 3.63) is 0 Å². The summed E-state index contributed by atoms with van der Waals surface area (Å²) in [5.41, 5.74) is 0. The molecule has 1 N–H and O–H groups in total. The van der Waals surface area contributed by atoms with Gasteiger partial charge in [-0.3, -0.25) is 4.79 Å². The van der Waals surface area contributed by atoms with Gasteiger partial charge in [0.1, 0.15) is 0 Å². The van der Waals surface area contributed by atoms with Gasteiger partial charge >= 0.3 is 5.97 Å². The van der Waals surface area contributed by atoms with Gasteiger partial charge in [-0.05, 0) is 19.3 Å². The van der Waals surface area contributed by atoms with Gasteiger partial charge in [0.2, 0.25) is 0 Å². The lowest BCUT2D eigenvalue weighted by Gasteiger charge is -2.21. The molecule has 70 valence electrons. The summed E-state index contributed by atoms with van der Waals surface area (Å²) in [6.07, 6.45) is 3.76. The first-order valence-corrected chi connectivity index (χ1v) is 5.35. The topological polar surface area (TPSA) is 46.5 Å². The molecule has 1 fully saturated rings. The van der Waals surface area contributed by atoms with Crippen molar-refractivity contribution in [2.24, 2.45) is 0 Å². The van der Waals surface area contributed by atoms with Crippen LogP contribution in [0.4, 0.5) is 0 Å². The third-order valence-electron chi connectivity index (χ3n) is 1.80. The van der Waals surface area contributed by atoms with Crippen LogP contribution in [0, 0.1) is 0 Å². The largest absolute Gasteiger partial charge is 0.481 e. The monoisotopic (exact) mass is 190 g/mol. The van der Waals surface area contributed by atoms with Crippen molar-refractivity contribution in [3.63, 3.8) is 0 Å². The Bertz CT molecular complexity index is 143. The Balaban J connectivity index is 2.01. The van der Waals surface area contributed by atoms with Gasteiger partial charge in [0.15, 0.2) is 0 Å². The highest BCUT2D eigenvalue weighted by Gasteiger charge is 2.13. The molecular weight excluding hydrogens is 176 g/mol. The van der Waals surface area contributed by atoms with E-state index in [0.717, 1.165) is 25.2 Å². The average Bonchev–Trinajstić information content (AvgIpc) is 2.05. The van der Waals surface area contributed by atoms with Gasteiger partial charge < -0.3 is 9.84 Å². The molecule has 3 nitrogen and oxygen atoms in total.